The number of aromatic amines is 1. The molecular weight excluding hydrogens is 326 g/mol. The molecule has 0 atom stereocenters. The summed E-state index contributed by atoms with van der Waals surface area (Å²) in [6.07, 6.45) is 0. The fraction of sp³-hybridized carbons (Fsp3) is 0.176. The van der Waals surface area contributed by atoms with Crippen molar-refractivity contribution in [3.05, 3.63) is 75.7 Å². The minimum absolute atomic E-state index is 0.0193. The maximum Gasteiger partial charge on any atom is 0.272 e. The number of benzene rings is 2. The summed E-state index contributed by atoms with van der Waals surface area (Å²) in [7, 11) is -3.51. The molecule has 0 aliphatic heterocycles. The van der Waals surface area contributed by atoms with Crippen LogP contribution < -0.4 is 10.3 Å². The van der Waals surface area contributed by atoms with Gasteiger partial charge in [-0.3, -0.25) is 4.79 Å². The molecule has 1 aromatic heterocycles. The number of sulfonamides is 1. The van der Waals surface area contributed by atoms with Crippen LogP contribution in [0.1, 0.15) is 16.8 Å². The lowest BCUT2D eigenvalue weighted by Gasteiger charge is -2.08. The Bertz CT molecular complexity index is 1020. The smallest absolute Gasteiger partial charge is 0.267 e. The van der Waals surface area contributed by atoms with E-state index in [4.69, 9.17) is 0 Å². The maximum absolute atomic E-state index is 12.3. The highest BCUT2D eigenvalue weighted by molar-refractivity contribution is 7.88. The standard InChI is InChI=1S/C17H17N3O3S/c1-12-6-8-13(9-7-12)11-24(22,23)18-10-16-14-4-2-3-5-15(14)17(21)20-19-16/h2-9,18H,10-11H2,1H3,(H,20,21). The van der Waals surface area contributed by atoms with E-state index in [0.717, 1.165) is 5.56 Å². The van der Waals surface area contributed by atoms with Crippen molar-refractivity contribution in [1.29, 1.82) is 0 Å². The predicted molar refractivity (Wildman–Crippen MR) is 93.0 cm³/mol. The van der Waals surface area contributed by atoms with Crippen LogP contribution in [0.2, 0.25) is 0 Å². The molecule has 0 saturated heterocycles. The first-order valence-corrected chi connectivity index (χ1v) is 9.09. The highest BCUT2D eigenvalue weighted by Gasteiger charge is 2.13. The number of rotatable bonds is 5. The molecule has 1 heterocycles. The fourth-order valence-corrected chi connectivity index (χ4v) is 3.53. The first-order valence-electron chi connectivity index (χ1n) is 7.44. The van der Waals surface area contributed by atoms with Crippen LogP contribution in [-0.4, -0.2) is 18.6 Å². The molecule has 0 amide bonds. The number of H-pyrrole nitrogens is 1. The van der Waals surface area contributed by atoms with Crippen molar-refractivity contribution in [3.63, 3.8) is 0 Å². The van der Waals surface area contributed by atoms with Crippen LogP contribution in [0.15, 0.2) is 53.3 Å². The molecule has 3 rings (SSSR count). The minimum atomic E-state index is -3.51. The molecule has 2 N–H and O–H groups in total. The zero-order chi connectivity index (χ0) is 17.2. The molecule has 0 fully saturated rings. The molecule has 0 saturated carbocycles. The Morgan fingerprint density at radius 2 is 1.71 bits per heavy atom. The SMILES string of the molecule is Cc1ccc(CS(=O)(=O)NCc2n[nH]c(=O)c3ccccc23)cc1. The Labute approximate surface area is 139 Å². The van der Waals surface area contributed by atoms with Gasteiger partial charge in [0.05, 0.1) is 23.4 Å². The average Bonchev–Trinajstić information content (AvgIpc) is 2.56. The van der Waals surface area contributed by atoms with Gasteiger partial charge < -0.3 is 0 Å². The van der Waals surface area contributed by atoms with Crippen molar-refractivity contribution in [2.45, 2.75) is 19.2 Å². The number of nitrogens with one attached hydrogen (secondary N) is 2. The second-order valence-electron chi connectivity index (χ2n) is 5.61. The minimum Gasteiger partial charge on any atom is -0.267 e. The van der Waals surface area contributed by atoms with Gasteiger partial charge in [-0.2, -0.15) is 5.10 Å². The second kappa shape index (κ2) is 6.54. The molecular formula is C17H17N3O3S. The van der Waals surface area contributed by atoms with E-state index in [-0.39, 0.29) is 17.9 Å². The van der Waals surface area contributed by atoms with Gasteiger partial charge in [-0.15, -0.1) is 0 Å². The second-order valence-corrected chi connectivity index (χ2v) is 7.42. The van der Waals surface area contributed by atoms with Gasteiger partial charge in [0.1, 0.15) is 0 Å². The van der Waals surface area contributed by atoms with Gasteiger partial charge in [-0.25, -0.2) is 18.2 Å². The summed E-state index contributed by atoms with van der Waals surface area (Å²) in [5.41, 5.74) is 1.98. The normalized spacial score (nSPS) is 11.7. The summed E-state index contributed by atoms with van der Waals surface area (Å²) in [6, 6.07) is 14.3. The van der Waals surface area contributed by atoms with E-state index in [9.17, 15) is 13.2 Å². The Hall–Kier alpha value is -2.51. The Morgan fingerprint density at radius 1 is 1.04 bits per heavy atom. The van der Waals surface area contributed by atoms with Gasteiger partial charge in [0.15, 0.2) is 0 Å². The van der Waals surface area contributed by atoms with Crippen LogP contribution in [0.3, 0.4) is 0 Å². The summed E-state index contributed by atoms with van der Waals surface area (Å²) in [5.74, 6) is -0.103. The Kier molecular flexibility index (Phi) is 4.46. The molecule has 24 heavy (non-hydrogen) atoms. The van der Waals surface area contributed by atoms with Crippen LogP contribution >= 0.6 is 0 Å². The summed E-state index contributed by atoms with van der Waals surface area (Å²) in [5, 5.41) is 7.48. The van der Waals surface area contributed by atoms with Crippen molar-refractivity contribution in [2.24, 2.45) is 0 Å². The number of hydrogen-bond acceptors (Lipinski definition) is 4. The highest BCUT2D eigenvalue weighted by atomic mass is 32.2. The lowest BCUT2D eigenvalue weighted by Crippen LogP contribution is -2.26. The molecule has 0 unspecified atom stereocenters. The lowest BCUT2D eigenvalue weighted by molar-refractivity contribution is 0.579. The van der Waals surface area contributed by atoms with Gasteiger partial charge in [0.2, 0.25) is 10.0 Å². The number of nitrogens with zero attached hydrogens (tertiary/aromatic N) is 1. The summed E-state index contributed by atoms with van der Waals surface area (Å²) < 4.78 is 27.0. The third kappa shape index (κ3) is 3.69. The molecule has 7 heteroatoms. The van der Waals surface area contributed by atoms with E-state index < -0.39 is 10.0 Å². The highest BCUT2D eigenvalue weighted by Crippen LogP contribution is 2.13. The van der Waals surface area contributed by atoms with E-state index in [1.807, 2.05) is 19.1 Å². The average molecular weight is 343 g/mol. The third-order valence-corrected chi connectivity index (χ3v) is 5.01. The fourth-order valence-electron chi connectivity index (χ4n) is 2.44. The van der Waals surface area contributed by atoms with E-state index in [0.29, 0.717) is 22.0 Å². The molecule has 0 aliphatic carbocycles. The van der Waals surface area contributed by atoms with Gasteiger partial charge in [0, 0.05) is 5.39 Å². The summed E-state index contributed by atoms with van der Waals surface area (Å²) >= 11 is 0. The van der Waals surface area contributed by atoms with Crippen molar-refractivity contribution in [3.8, 4) is 0 Å². The monoisotopic (exact) mass is 343 g/mol. The third-order valence-electron chi connectivity index (χ3n) is 3.71. The summed E-state index contributed by atoms with van der Waals surface area (Å²) in [4.78, 5) is 11.7. The summed E-state index contributed by atoms with van der Waals surface area (Å²) in [6.45, 7) is 1.97. The zero-order valence-electron chi connectivity index (χ0n) is 13.1. The van der Waals surface area contributed by atoms with Crippen molar-refractivity contribution < 1.29 is 8.42 Å². The van der Waals surface area contributed by atoms with E-state index in [2.05, 4.69) is 14.9 Å². The Morgan fingerprint density at radius 3 is 2.42 bits per heavy atom. The molecule has 3 aromatic rings. The first-order chi connectivity index (χ1) is 11.4. The number of aromatic nitrogens is 2. The zero-order valence-corrected chi connectivity index (χ0v) is 13.9. The molecule has 0 spiro atoms. The largest absolute Gasteiger partial charge is 0.272 e. The number of hydrogen-bond donors (Lipinski definition) is 2. The van der Waals surface area contributed by atoms with Gasteiger partial charge >= 0.3 is 0 Å². The maximum atomic E-state index is 12.3. The predicted octanol–water partition coefficient (Wildman–Crippen LogP) is 1.85. The first kappa shape index (κ1) is 16.4. The van der Waals surface area contributed by atoms with Gasteiger partial charge in [-0.1, -0.05) is 48.0 Å². The Balaban J connectivity index is 1.79. The topological polar surface area (TPSA) is 91.9 Å². The molecule has 2 aromatic carbocycles. The van der Waals surface area contributed by atoms with E-state index in [1.54, 1.807) is 36.4 Å². The van der Waals surface area contributed by atoms with Crippen LogP contribution in [0.25, 0.3) is 10.8 Å². The van der Waals surface area contributed by atoms with Crippen molar-refractivity contribution in [2.75, 3.05) is 0 Å². The quantitative estimate of drug-likeness (QED) is 0.739. The molecule has 0 bridgehead atoms. The van der Waals surface area contributed by atoms with Crippen LogP contribution in [0.5, 0.6) is 0 Å². The van der Waals surface area contributed by atoms with Crippen LogP contribution in [0.4, 0.5) is 0 Å². The lowest BCUT2D eigenvalue weighted by atomic mass is 10.1. The van der Waals surface area contributed by atoms with Crippen molar-refractivity contribution in [1.82, 2.24) is 14.9 Å². The van der Waals surface area contributed by atoms with Crippen LogP contribution in [-0.2, 0) is 22.3 Å². The number of aryl methyl sites for hydroxylation is 1. The van der Waals surface area contributed by atoms with E-state index in [1.165, 1.54) is 0 Å². The van der Waals surface area contributed by atoms with Crippen LogP contribution in [0, 0.1) is 6.92 Å². The molecule has 0 radical (unpaired) electrons. The van der Waals surface area contributed by atoms with Crippen molar-refractivity contribution >= 4 is 20.8 Å². The molecule has 124 valence electrons. The van der Waals surface area contributed by atoms with E-state index >= 15 is 0 Å². The number of fused-ring (bicyclic) bond motifs is 1. The molecule has 6 nitrogen and oxygen atoms in total. The van der Waals surface area contributed by atoms with Gasteiger partial charge in [0.25, 0.3) is 5.56 Å². The molecule has 0 aliphatic rings. The van der Waals surface area contributed by atoms with Gasteiger partial charge in [-0.05, 0) is 18.6 Å².